The van der Waals surface area contributed by atoms with Crippen LogP contribution in [0.15, 0.2) is 30.3 Å². The zero-order chi connectivity index (χ0) is 12.8. The van der Waals surface area contributed by atoms with Crippen LogP contribution in [0.2, 0.25) is 0 Å². The van der Waals surface area contributed by atoms with E-state index in [1.165, 1.54) is 30.8 Å². The highest BCUT2D eigenvalue weighted by molar-refractivity contribution is 8.00. The van der Waals surface area contributed by atoms with E-state index in [4.69, 9.17) is 5.73 Å². The summed E-state index contributed by atoms with van der Waals surface area (Å²) < 4.78 is 0. The molecule has 1 aromatic carbocycles. The van der Waals surface area contributed by atoms with Gasteiger partial charge in [0.05, 0.1) is 0 Å². The topological polar surface area (TPSA) is 29.3 Å². The van der Waals surface area contributed by atoms with Gasteiger partial charge >= 0.3 is 0 Å². The molecule has 0 radical (unpaired) electrons. The molecule has 0 aliphatic carbocycles. The van der Waals surface area contributed by atoms with E-state index in [2.05, 4.69) is 53.9 Å². The first-order valence-corrected chi connectivity index (χ1v) is 7.97. The summed E-state index contributed by atoms with van der Waals surface area (Å²) in [5.41, 5.74) is 7.34. The van der Waals surface area contributed by atoms with Gasteiger partial charge in [-0.05, 0) is 12.0 Å². The van der Waals surface area contributed by atoms with Crippen molar-refractivity contribution >= 4 is 11.8 Å². The van der Waals surface area contributed by atoms with E-state index in [0.29, 0.717) is 5.92 Å². The molecule has 0 spiro atoms. The van der Waals surface area contributed by atoms with E-state index < -0.39 is 0 Å². The van der Waals surface area contributed by atoms with Crippen molar-refractivity contribution in [1.29, 1.82) is 0 Å². The standard InChI is InChI=1S/C15H24N2S/c1-2-15-12-17(8-9-18-15)11-14(10-16)13-6-4-3-5-7-13/h3-7,14-15H,2,8-12,16H2,1H3. The largest absolute Gasteiger partial charge is 0.330 e. The first kappa shape index (κ1) is 13.9. The number of nitrogens with two attached hydrogens (primary N) is 1. The van der Waals surface area contributed by atoms with E-state index in [9.17, 15) is 0 Å². The first-order valence-electron chi connectivity index (χ1n) is 6.92. The molecule has 1 heterocycles. The van der Waals surface area contributed by atoms with Gasteiger partial charge in [0.1, 0.15) is 0 Å². The molecule has 2 N–H and O–H groups in total. The van der Waals surface area contributed by atoms with Gasteiger partial charge in [-0.2, -0.15) is 11.8 Å². The van der Waals surface area contributed by atoms with Crippen molar-refractivity contribution in [2.75, 3.05) is 31.9 Å². The quantitative estimate of drug-likeness (QED) is 0.886. The lowest BCUT2D eigenvalue weighted by Gasteiger charge is -2.34. The maximum Gasteiger partial charge on any atom is 0.0172 e. The number of benzene rings is 1. The summed E-state index contributed by atoms with van der Waals surface area (Å²) in [6.07, 6.45) is 1.28. The average Bonchev–Trinajstić information content (AvgIpc) is 2.46. The molecule has 0 amide bonds. The fraction of sp³-hybridized carbons (Fsp3) is 0.600. The molecule has 1 saturated heterocycles. The molecule has 100 valence electrons. The Kier molecular flexibility index (Phi) is 5.54. The van der Waals surface area contributed by atoms with Crippen LogP contribution in [0.25, 0.3) is 0 Å². The van der Waals surface area contributed by atoms with Crippen LogP contribution in [0, 0.1) is 0 Å². The highest BCUT2D eigenvalue weighted by atomic mass is 32.2. The van der Waals surface area contributed by atoms with E-state index in [1.807, 2.05) is 0 Å². The Morgan fingerprint density at radius 1 is 1.39 bits per heavy atom. The minimum atomic E-state index is 0.479. The summed E-state index contributed by atoms with van der Waals surface area (Å²) >= 11 is 2.12. The molecule has 0 bridgehead atoms. The van der Waals surface area contributed by atoms with Gasteiger partial charge in [0.15, 0.2) is 0 Å². The van der Waals surface area contributed by atoms with Crippen LogP contribution in [0.3, 0.4) is 0 Å². The molecule has 2 rings (SSSR count). The molecular formula is C15H24N2S. The van der Waals surface area contributed by atoms with Gasteiger partial charge in [0, 0.05) is 43.1 Å². The zero-order valence-corrected chi connectivity index (χ0v) is 12.0. The first-order chi connectivity index (χ1) is 8.83. The second kappa shape index (κ2) is 7.17. The van der Waals surface area contributed by atoms with Crippen molar-refractivity contribution in [3.63, 3.8) is 0 Å². The summed E-state index contributed by atoms with van der Waals surface area (Å²) in [6.45, 7) is 6.58. The Morgan fingerprint density at radius 2 is 2.17 bits per heavy atom. The van der Waals surface area contributed by atoms with Crippen LogP contribution in [0.4, 0.5) is 0 Å². The summed E-state index contributed by atoms with van der Waals surface area (Å²) in [4.78, 5) is 2.59. The Labute approximate surface area is 115 Å². The van der Waals surface area contributed by atoms with Crippen molar-refractivity contribution in [1.82, 2.24) is 4.90 Å². The molecule has 1 fully saturated rings. The van der Waals surface area contributed by atoms with Crippen molar-refractivity contribution in [3.8, 4) is 0 Å². The normalized spacial score (nSPS) is 22.9. The highest BCUT2D eigenvalue weighted by Gasteiger charge is 2.21. The molecule has 2 nitrogen and oxygen atoms in total. The molecule has 2 atom stereocenters. The van der Waals surface area contributed by atoms with Crippen molar-refractivity contribution in [3.05, 3.63) is 35.9 Å². The van der Waals surface area contributed by atoms with E-state index in [-0.39, 0.29) is 0 Å². The lowest BCUT2D eigenvalue weighted by molar-refractivity contribution is 0.264. The van der Waals surface area contributed by atoms with Gasteiger partial charge < -0.3 is 10.6 Å². The van der Waals surface area contributed by atoms with Gasteiger partial charge in [-0.3, -0.25) is 0 Å². The molecular weight excluding hydrogens is 240 g/mol. The van der Waals surface area contributed by atoms with Crippen LogP contribution >= 0.6 is 11.8 Å². The number of hydrogen-bond donors (Lipinski definition) is 1. The van der Waals surface area contributed by atoms with Crippen molar-refractivity contribution in [2.45, 2.75) is 24.5 Å². The van der Waals surface area contributed by atoms with Gasteiger partial charge in [-0.15, -0.1) is 0 Å². The van der Waals surface area contributed by atoms with Gasteiger partial charge in [-0.25, -0.2) is 0 Å². The third-order valence-electron chi connectivity index (χ3n) is 3.71. The van der Waals surface area contributed by atoms with Gasteiger partial charge in [0.2, 0.25) is 0 Å². The molecule has 2 unspecified atom stereocenters. The molecule has 3 heteroatoms. The predicted octanol–water partition coefficient (Wildman–Crippen LogP) is 2.56. The molecule has 1 aliphatic rings. The fourth-order valence-electron chi connectivity index (χ4n) is 2.55. The summed E-state index contributed by atoms with van der Waals surface area (Å²) in [6, 6.07) is 10.7. The fourth-order valence-corrected chi connectivity index (χ4v) is 3.79. The van der Waals surface area contributed by atoms with Gasteiger partial charge in [0.25, 0.3) is 0 Å². The maximum absolute atomic E-state index is 5.96. The monoisotopic (exact) mass is 264 g/mol. The molecule has 1 aromatic rings. The van der Waals surface area contributed by atoms with Gasteiger partial charge in [-0.1, -0.05) is 37.3 Å². The summed E-state index contributed by atoms with van der Waals surface area (Å²) in [7, 11) is 0. The van der Waals surface area contributed by atoms with Crippen LogP contribution in [-0.2, 0) is 0 Å². The third kappa shape index (κ3) is 3.74. The van der Waals surface area contributed by atoms with Crippen LogP contribution in [0.5, 0.6) is 0 Å². The van der Waals surface area contributed by atoms with Crippen molar-refractivity contribution < 1.29 is 0 Å². The van der Waals surface area contributed by atoms with Crippen LogP contribution < -0.4 is 5.73 Å². The SMILES string of the molecule is CCC1CN(CC(CN)c2ccccc2)CCS1. The van der Waals surface area contributed by atoms with Crippen LogP contribution in [0.1, 0.15) is 24.8 Å². The van der Waals surface area contributed by atoms with Crippen molar-refractivity contribution in [2.24, 2.45) is 5.73 Å². The Bertz CT molecular complexity index is 342. The van der Waals surface area contributed by atoms with E-state index >= 15 is 0 Å². The third-order valence-corrected chi connectivity index (χ3v) is 5.08. The average molecular weight is 264 g/mol. The highest BCUT2D eigenvalue weighted by Crippen LogP contribution is 2.23. The minimum absolute atomic E-state index is 0.479. The zero-order valence-electron chi connectivity index (χ0n) is 11.2. The molecule has 0 aromatic heterocycles. The minimum Gasteiger partial charge on any atom is -0.330 e. The second-order valence-corrected chi connectivity index (χ2v) is 6.41. The van der Waals surface area contributed by atoms with E-state index in [0.717, 1.165) is 18.3 Å². The number of nitrogens with zero attached hydrogens (tertiary/aromatic N) is 1. The number of hydrogen-bond acceptors (Lipinski definition) is 3. The molecule has 18 heavy (non-hydrogen) atoms. The number of thioether (sulfide) groups is 1. The second-order valence-electron chi connectivity index (χ2n) is 5.00. The summed E-state index contributed by atoms with van der Waals surface area (Å²) in [5.74, 6) is 1.75. The molecule has 1 aliphatic heterocycles. The smallest absolute Gasteiger partial charge is 0.0172 e. The Hall–Kier alpha value is -0.510. The lowest BCUT2D eigenvalue weighted by atomic mass is 9.98. The lowest BCUT2D eigenvalue weighted by Crippen LogP contribution is -2.41. The number of rotatable bonds is 5. The summed E-state index contributed by atoms with van der Waals surface area (Å²) in [5, 5.41) is 0.813. The molecule has 0 saturated carbocycles. The van der Waals surface area contributed by atoms with E-state index in [1.54, 1.807) is 0 Å². The Balaban J connectivity index is 1.94. The Morgan fingerprint density at radius 3 is 2.83 bits per heavy atom. The maximum atomic E-state index is 5.96. The predicted molar refractivity (Wildman–Crippen MR) is 81.2 cm³/mol. The van der Waals surface area contributed by atoms with Crippen LogP contribution in [-0.4, -0.2) is 42.1 Å².